The molecule has 0 unspecified atom stereocenters. The zero-order valence-electron chi connectivity index (χ0n) is 26.0. The highest BCUT2D eigenvalue weighted by Gasteiger charge is 2.57. The summed E-state index contributed by atoms with van der Waals surface area (Å²) in [6.07, 6.45) is 3.60. The normalized spacial score (nSPS) is 23.5. The number of phenolic OH excluding ortho intramolecular Hbond substituents is 1. The lowest BCUT2D eigenvalue weighted by atomic mass is 9.59. The number of imide groups is 1. The molecule has 3 aromatic carbocycles. The molecule has 0 aromatic heterocycles. The number of allylic oxidation sites excluding steroid dienone is 6. The van der Waals surface area contributed by atoms with Gasteiger partial charge in [0, 0.05) is 51.5 Å². The summed E-state index contributed by atoms with van der Waals surface area (Å²) in [7, 11) is 2.88. The molecule has 1 fully saturated rings. The van der Waals surface area contributed by atoms with Crippen molar-refractivity contribution in [1.29, 1.82) is 0 Å². The van der Waals surface area contributed by atoms with Gasteiger partial charge in [-0.05, 0) is 56.0 Å². The molecule has 9 heteroatoms. The number of fused-ring (bicyclic) bond motifs is 3. The highest BCUT2D eigenvalue weighted by Crippen LogP contribution is 2.58. The fourth-order valence-electron chi connectivity index (χ4n) is 7.67. The molecule has 0 bridgehead atoms. The number of amides is 2. The zero-order chi connectivity index (χ0) is 33.1. The predicted molar refractivity (Wildman–Crippen MR) is 171 cm³/mol. The van der Waals surface area contributed by atoms with Gasteiger partial charge < -0.3 is 14.6 Å². The second-order valence-corrected chi connectivity index (χ2v) is 12.2. The number of anilines is 1. The van der Waals surface area contributed by atoms with Gasteiger partial charge in [0.1, 0.15) is 17.2 Å². The van der Waals surface area contributed by atoms with Crippen LogP contribution in [0.4, 0.5) is 5.69 Å². The summed E-state index contributed by atoms with van der Waals surface area (Å²) in [5.74, 6) is -3.93. The molecule has 0 saturated carbocycles. The standard InChI is InChI=1S/C38H31NO8/c1-19-15-28(41)27-18-26-24(32(33(27)35(19)42)34-29(46-2)16-23(40)17-30(34)47-3)13-14-25-31(26)38(45)39(37(25)44)22-11-9-21(10-12-22)36(43)20-7-5-4-6-8-20/h4-13,15-17,25-26,31-32,40H,14,18H2,1-3H3/t25-,26+,31-,32-/m0/s1. The van der Waals surface area contributed by atoms with Crippen LogP contribution in [-0.2, 0) is 19.2 Å². The van der Waals surface area contributed by atoms with E-state index in [-0.39, 0.29) is 53.3 Å². The van der Waals surface area contributed by atoms with Crippen molar-refractivity contribution >= 4 is 34.9 Å². The number of Topliss-reactive ketones (excluding diaryl/α,β-unsaturated/α-hetero) is 1. The number of phenols is 1. The van der Waals surface area contributed by atoms with Gasteiger partial charge >= 0.3 is 0 Å². The zero-order valence-corrected chi connectivity index (χ0v) is 26.0. The minimum Gasteiger partial charge on any atom is -0.508 e. The van der Waals surface area contributed by atoms with E-state index in [1.165, 1.54) is 37.3 Å². The van der Waals surface area contributed by atoms with E-state index < -0.39 is 29.6 Å². The molecule has 1 aliphatic heterocycles. The average molecular weight is 630 g/mol. The Kier molecular flexibility index (Phi) is 7.27. The maximum atomic E-state index is 14.3. The molecule has 47 heavy (non-hydrogen) atoms. The smallest absolute Gasteiger partial charge is 0.238 e. The van der Waals surface area contributed by atoms with E-state index in [4.69, 9.17) is 9.47 Å². The Morgan fingerprint density at radius 3 is 2.13 bits per heavy atom. The molecule has 1 saturated heterocycles. The van der Waals surface area contributed by atoms with Gasteiger partial charge in [0.05, 0.1) is 31.7 Å². The van der Waals surface area contributed by atoms with Crippen molar-refractivity contribution < 1.29 is 38.6 Å². The molecule has 4 aliphatic rings. The first-order chi connectivity index (χ1) is 22.6. The molecule has 9 nitrogen and oxygen atoms in total. The first-order valence-electron chi connectivity index (χ1n) is 15.4. The SMILES string of the molecule is COc1cc(O)cc(OC)c1[C@H]1C2=CC[C@@H]3C(=O)N(c4ccc(C(=O)c5ccccc5)cc4)C(=O)[C@@H]3[C@@H]2CC2=C1C(=O)C(C)=CC2=O. The number of carbonyl (C=O) groups excluding carboxylic acids is 5. The Hall–Kier alpha value is -5.57. The van der Waals surface area contributed by atoms with Crippen molar-refractivity contribution in [3.8, 4) is 17.2 Å². The summed E-state index contributed by atoms with van der Waals surface area (Å²) in [6, 6.07) is 18.1. The van der Waals surface area contributed by atoms with Crippen molar-refractivity contribution in [1.82, 2.24) is 0 Å². The van der Waals surface area contributed by atoms with Crippen LogP contribution in [0.25, 0.3) is 0 Å². The van der Waals surface area contributed by atoms with Crippen molar-refractivity contribution in [2.24, 2.45) is 17.8 Å². The minimum atomic E-state index is -0.810. The molecular formula is C38H31NO8. The lowest BCUT2D eigenvalue weighted by Gasteiger charge is -2.42. The summed E-state index contributed by atoms with van der Waals surface area (Å²) in [5, 5.41) is 10.4. The monoisotopic (exact) mass is 629 g/mol. The number of hydrogen-bond acceptors (Lipinski definition) is 8. The van der Waals surface area contributed by atoms with Gasteiger partial charge in [-0.2, -0.15) is 0 Å². The van der Waals surface area contributed by atoms with Crippen LogP contribution in [0.5, 0.6) is 17.2 Å². The Bertz CT molecular complexity index is 1960. The second kappa shape index (κ2) is 11.3. The van der Waals surface area contributed by atoms with Crippen LogP contribution in [0.2, 0.25) is 0 Å². The van der Waals surface area contributed by atoms with E-state index in [9.17, 15) is 29.1 Å². The first-order valence-corrected chi connectivity index (χ1v) is 15.4. The Balaban J connectivity index is 1.30. The highest BCUT2D eigenvalue weighted by atomic mass is 16.5. The summed E-state index contributed by atoms with van der Waals surface area (Å²) >= 11 is 0. The summed E-state index contributed by atoms with van der Waals surface area (Å²) in [6.45, 7) is 1.60. The van der Waals surface area contributed by atoms with Gasteiger partial charge in [-0.1, -0.05) is 42.0 Å². The van der Waals surface area contributed by atoms with Crippen LogP contribution in [0.1, 0.15) is 47.2 Å². The number of methoxy groups -OCH3 is 2. The van der Waals surface area contributed by atoms with E-state index in [1.807, 2.05) is 12.1 Å². The van der Waals surface area contributed by atoms with Gasteiger partial charge in [-0.15, -0.1) is 0 Å². The van der Waals surface area contributed by atoms with Crippen molar-refractivity contribution in [2.45, 2.75) is 25.7 Å². The van der Waals surface area contributed by atoms with Gasteiger partial charge in [-0.3, -0.25) is 28.9 Å². The molecule has 3 aromatic rings. The van der Waals surface area contributed by atoms with E-state index in [1.54, 1.807) is 55.5 Å². The van der Waals surface area contributed by atoms with Gasteiger partial charge in [0.15, 0.2) is 17.3 Å². The van der Waals surface area contributed by atoms with E-state index in [2.05, 4.69) is 0 Å². The Morgan fingerprint density at radius 1 is 0.851 bits per heavy atom. The van der Waals surface area contributed by atoms with E-state index in [0.717, 1.165) is 5.57 Å². The van der Waals surface area contributed by atoms with Crippen LogP contribution in [0.3, 0.4) is 0 Å². The summed E-state index contributed by atoms with van der Waals surface area (Å²) in [5.41, 5.74) is 3.40. The fraction of sp³-hybridized carbons (Fsp3) is 0.237. The quantitative estimate of drug-likeness (QED) is 0.169. The Morgan fingerprint density at radius 2 is 1.49 bits per heavy atom. The van der Waals surface area contributed by atoms with Crippen LogP contribution >= 0.6 is 0 Å². The third-order valence-corrected chi connectivity index (χ3v) is 9.81. The van der Waals surface area contributed by atoms with Crippen molar-refractivity contribution in [3.05, 3.63) is 118 Å². The largest absolute Gasteiger partial charge is 0.508 e. The number of rotatable bonds is 6. The number of aromatic hydroxyl groups is 1. The van der Waals surface area contributed by atoms with E-state index >= 15 is 0 Å². The molecule has 1 heterocycles. The molecule has 4 atom stereocenters. The highest BCUT2D eigenvalue weighted by molar-refractivity contribution is 6.25. The minimum absolute atomic E-state index is 0.104. The first kappa shape index (κ1) is 30.1. The molecular weight excluding hydrogens is 598 g/mol. The number of ether oxygens (including phenoxy) is 2. The molecule has 236 valence electrons. The van der Waals surface area contributed by atoms with Gasteiger partial charge in [0.2, 0.25) is 11.8 Å². The molecule has 1 N–H and O–H groups in total. The third kappa shape index (κ3) is 4.64. The number of hydrogen-bond donors (Lipinski definition) is 1. The van der Waals surface area contributed by atoms with Crippen LogP contribution in [0, 0.1) is 17.8 Å². The number of ketones is 3. The molecule has 3 aliphatic carbocycles. The topological polar surface area (TPSA) is 127 Å². The van der Waals surface area contributed by atoms with Crippen molar-refractivity contribution in [2.75, 3.05) is 19.1 Å². The summed E-state index contributed by atoms with van der Waals surface area (Å²) in [4.78, 5) is 69.6. The average Bonchev–Trinajstić information content (AvgIpc) is 3.35. The summed E-state index contributed by atoms with van der Waals surface area (Å²) < 4.78 is 11.3. The number of carbonyl (C=O) groups is 5. The van der Waals surface area contributed by atoms with Gasteiger partial charge in [0.25, 0.3) is 0 Å². The lowest BCUT2D eigenvalue weighted by molar-refractivity contribution is -0.123. The van der Waals surface area contributed by atoms with Crippen molar-refractivity contribution in [3.63, 3.8) is 0 Å². The molecule has 2 amide bonds. The van der Waals surface area contributed by atoms with Crippen LogP contribution in [0.15, 0.2) is 101 Å². The lowest BCUT2D eigenvalue weighted by Crippen LogP contribution is -2.40. The molecule has 0 spiro atoms. The van der Waals surface area contributed by atoms with Gasteiger partial charge in [-0.25, -0.2) is 0 Å². The maximum absolute atomic E-state index is 14.3. The number of nitrogens with zero attached hydrogens (tertiary/aromatic N) is 1. The number of benzene rings is 3. The third-order valence-electron chi connectivity index (χ3n) is 9.81. The maximum Gasteiger partial charge on any atom is 0.238 e. The second-order valence-electron chi connectivity index (χ2n) is 12.2. The van der Waals surface area contributed by atoms with Crippen LogP contribution in [-0.4, -0.2) is 48.5 Å². The molecule has 0 radical (unpaired) electrons. The fourth-order valence-corrected chi connectivity index (χ4v) is 7.67. The molecule has 7 rings (SSSR count). The van der Waals surface area contributed by atoms with Crippen LogP contribution < -0.4 is 14.4 Å². The predicted octanol–water partition coefficient (Wildman–Crippen LogP) is 5.27. The Labute approximate surface area is 270 Å². The van der Waals surface area contributed by atoms with E-state index in [0.29, 0.717) is 39.1 Å².